The average molecular weight is 631 g/mol. The highest BCUT2D eigenvalue weighted by Gasteiger charge is 2.48. The Balaban J connectivity index is 0.000000151. The summed E-state index contributed by atoms with van der Waals surface area (Å²) in [6, 6.07) is 0. The number of hydrogen-bond donors (Lipinski definition) is 1. The van der Waals surface area contributed by atoms with Gasteiger partial charge in [0.25, 0.3) is 0 Å². The third-order valence-corrected chi connectivity index (χ3v) is 12.3. The second-order valence-electron chi connectivity index (χ2n) is 15.7. The zero-order chi connectivity index (χ0) is 30.9. The standard InChI is InChI=1S/C21H32O5.C15H22O4/c22-20(25-13-14-5-8-18-19(10-14)26-18)4-2-1-3-9-24-21(23)16-7-6-15-11-17(15)12-16;16-14(9-2-1-8-5-11(8)6-9)19-15(17)10-3-4-12-13(7-10)18-12/h14-19H,1-13H2;8-14,16H,1-7H2. The van der Waals surface area contributed by atoms with E-state index in [4.69, 9.17) is 23.7 Å². The van der Waals surface area contributed by atoms with E-state index in [2.05, 4.69) is 0 Å². The fraction of sp³-hybridized carbons (Fsp3) is 0.917. The zero-order valence-corrected chi connectivity index (χ0v) is 26.9. The largest absolute Gasteiger partial charge is 0.465 e. The van der Waals surface area contributed by atoms with Gasteiger partial charge in [-0.05, 0) is 139 Å². The minimum absolute atomic E-state index is 0.00382. The lowest BCUT2D eigenvalue weighted by atomic mass is 9.88. The number of carbonyl (C=O) groups excluding carboxylic acids is 3. The summed E-state index contributed by atoms with van der Waals surface area (Å²) in [6.07, 6.45) is 18.8. The van der Waals surface area contributed by atoms with E-state index in [-0.39, 0.29) is 41.8 Å². The molecule has 6 saturated carbocycles. The van der Waals surface area contributed by atoms with Crippen LogP contribution in [0.5, 0.6) is 0 Å². The van der Waals surface area contributed by atoms with Gasteiger partial charge in [0.1, 0.15) is 0 Å². The maximum atomic E-state index is 12.1. The van der Waals surface area contributed by atoms with Gasteiger partial charge in [0.2, 0.25) is 6.29 Å². The Bertz CT molecular complexity index is 1060. The fourth-order valence-corrected chi connectivity index (χ4v) is 8.90. The van der Waals surface area contributed by atoms with Crippen LogP contribution < -0.4 is 0 Å². The number of aliphatic hydroxyl groups is 1. The Hall–Kier alpha value is -1.71. The van der Waals surface area contributed by atoms with Gasteiger partial charge >= 0.3 is 17.9 Å². The van der Waals surface area contributed by atoms with Crippen LogP contribution in [0, 0.1) is 47.3 Å². The SMILES string of the molecule is O=C(CCCCCOC(=O)C1CCC2CC2C1)OCC1CCC2OC2C1.O=C(OC(O)C1CCC2CC2C1)C1CCC2OC2C1. The molecule has 0 spiro atoms. The maximum Gasteiger partial charge on any atom is 0.311 e. The van der Waals surface area contributed by atoms with Crippen molar-refractivity contribution >= 4 is 17.9 Å². The van der Waals surface area contributed by atoms with Gasteiger partial charge in [-0.15, -0.1) is 0 Å². The van der Waals surface area contributed by atoms with Gasteiger partial charge in [0.05, 0.1) is 49.5 Å². The second kappa shape index (κ2) is 14.2. The highest BCUT2D eigenvalue weighted by Crippen LogP contribution is 2.53. The minimum atomic E-state index is -0.883. The lowest BCUT2D eigenvalue weighted by Crippen LogP contribution is -2.33. The Labute approximate surface area is 267 Å². The average Bonchev–Trinajstić information content (AvgIpc) is 3.88. The van der Waals surface area contributed by atoms with E-state index < -0.39 is 6.29 Å². The van der Waals surface area contributed by atoms with E-state index >= 15 is 0 Å². The molecule has 8 rings (SSSR count). The van der Waals surface area contributed by atoms with Crippen LogP contribution in [0.1, 0.15) is 116 Å². The highest BCUT2D eigenvalue weighted by molar-refractivity contribution is 5.73. The molecule has 8 fully saturated rings. The quantitative estimate of drug-likeness (QED) is 0.0980. The smallest absolute Gasteiger partial charge is 0.311 e. The maximum absolute atomic E-state index is 12.1. The predicted molar refractivity (Wildman–Crippen MR) is 162 cm³/mol. The van der Waals surface area contributed by atoms with Crippen molar-refractivity contribution in [1.29, 1.82) is 0 Å². The van der Waals surface area contributed by atoms with Gasteiger partial charge in [-0.1, -0.05) is 0 Å². The zero-order valence-electron chi connectivity index (χ0n) is 26.9. The van der Waals surface area contributed by atoms with E-state index in [1.54, 1.807) is 0 Å². The summed E-state index contributed by atoms with van der Waals surface area (Å²) in [5, 5.41) is 10.1. The number of hydrogen-bond acceptors (Lipinski definition) is 9. The summed E-state index contributed by atoms with van der Waals surface area (Å²) in [7, 11) is 0. The molecule has 6 aliphatic carbocycles. The Morgan fingerprint density at radius 1 is 0.622 bits per heavy atom. The third kappa shape index (κ3) is 8.81. The molecule has 9 nitrogen and oxygen atoms in total. The first-order valence-electron chi connectivity index (χ1n) is 18.4. The van der Waals surface area contributed by atoms with Crippen molar-refractivity contribution < 1.29 is 43.2 Å². The molecule has 0 amide bonds. The number of carbonyl (C=O) groups is 3. The fourth-order valence-electron chi connectivity index (χ4n) is 8.90. The van der Waals surface area contributed by atoms with Crippen LogP contribution in [0.15, 0.2) is 0 Å². The first-order valence-corrected chi connectivity index (χ1v) is 18.4. The van der Waals surface area contributed by atoms with Gasteiger partial charge in [-0.25, -0.2) is 0 Å². The normalized spacial score (nSPS) is 42.1. The van der Waals surface area contributed by atoms with Crippen LogP contribution in [0.4, 0.5) is 0 Å². The first-order chi connectivity index (χ1) is 21.9. The molecule has 0 bridgehead atoms. The van der Waals surface area contributed by atoms with Gasteiger partial charge in [-0.2, -0.15) is 0 Å². The van der Waals surface area contributed by atoms with E-state index in [1.165, 1.54) is 25.7 Å². The summed E-state index contributed by atoms with van der Waals surface area (Å²) in [5.74, 6) is 3.85. The summed E-state index contributed by atoms with van der Waals surface area (Å²) in [6.45, 7) is 1.04. The number of ether oxygens (including phenoxy) is 5. The van der Waals surface area contributed by atoms with Crippen LogP contribution in [0.2, 0.25) is 0 Å². The molecule has 13 atom stereocenters. The highest BCUT2D eigenvalue weighted by atomic mass is 16.6. The molecule has 9 heteroatoms. The summed E-state index contributed by atoms with van der Waals surface area (Å²) in [5.41, 5.74) is 0. The van der Waals surface area contributed by atoms with E-state index in [0.717, 1.165) is 107 Å². The minimum Gasteiger partial charge on any atom is -0.465 e. The van der Waals surface area contributed by atoms with Crippen LogP contribution in [0.25, 0.3) is 0 Å². The molecule has 2 heterocycles. The number of esters is 3. The summed E-state index contributed by atoms with van der Waals surface area (Å²) >= 11 is 0. The molecule has 13 unspecified atom stereocenters. The number of rotatable bonds is 12. The van der Waals surface area contributed by atoms with Crippen molar-refractivity contribution in [2.75, 3.05) is 13.2 Å². The van der Waals surface area contributed by atoms with Crippen LogP contribution in [0.3, 0.4) is 0 Å². The molecule has 2 saturated heterocycles. The van der Waals surface area contributed by atoms with E-state index in [1.807, 2.05) is 0 Å². The molecule has 0 aromatic rings. The lowest BCUT2D eigenvalue weighted by molar-refractivity contribution is -0.185. The monoisotopic (exact) mass is 630 g/mol. The van der Waals surface area contributed by atoms with Crippen molar-refractivity contribution in [3.05, 3.63) is 0 Å². The number of fused-ring (bicyclic) bond motifs is 4. The number of aliphatic hydroxyl groups excluding tert-OH is 1. The first kappa shape index (κ1) is 31.9. The second-order valence-corrected chi connectivity index (χ2v) is 15.7. The van der Waals surface area contributed by atoms with Crippen molar-refractivity contribution in [2.45, 2.75) is 146 Å². The molecule has 1 N–H and O–H groups in total. The number of epoxide rings is 2. The van der Waals surface area contributed by atoms with Crippen LogP contribution in [-0.2, 0) is 38.1 Å². The molecule has 252 valence electrons. The number of unbranched alkanes of at least 4 members (excludes halogenated alkanes) is 2. The van der Waals surface area contributed by atoms with Crippen molar-refractivity contribution in [1.82, 2.24) is 0 Å². The Morgan fingerprint density at radius 2 is 1.31 bits per heavy atom. The Morgan fingerprint density at radius 3 is 2.04 bits per heavy atom. The summed E-state index contributed by atoms with van der Waals surface area (Å²) < 4.78 is 27.1. The molecule has 45 heavy (non-hydrogen) atoms. The molecule has 0 aromatic heterocycles. The molecular formula is C36H54O9. The topological polar surface area (TPSA) is 124 Å². The van der Waals surface area contributed by atoms with Gasteiger partial charge in [-0.3, -0.25) is 14.4 Å². The predicted octanol–water partition coefficient (Wildman–Crippen LogP) is 5.49. The van der Waals surface area contributed by atoms with E-state index in [9.17, 15) is 19.5 Å². The van der Waals surface area contributed by atoms with Crippen molar-refractivity contribution in [2.24, 2.45) is 47.3 Å². The molecule has 0 radical (unpaired) electrons. The van der Waals surface area contributed by atoms with Crippen LogP contribution in [-0.4, -0.2) is 66.9 Å². The van der Waals surface area contributed by atoms with E-state index in [0.29, 0.717) is 43.9 Å². The van der Waals surface area contributed by atoms with Gasteiger partial charge < -0.3 is 28.8 Å². The van der Waals surface area contributed by atoms with Crippen molar-refractivity contribution in [3.8, 4) is 0 Å². The lowest BCUT2D eigenvalue weighted by Gasteiger charge is -2.27. The molecule has 8 aliphatic rings. The molecule has 2 aliphatic heterocycles. The third-order valence-electron chi connectivity index (χ3n) is 12.3. The van der Waals surface area contributed by atoms with Gasteiger partial charge in [0, 0.05) is 12.3 Å². The summed E-state index contributed by atoms with van der Waals surface area (Å²) in [4.78, 5) is 35.9. The van der Waals surface area contributed by atoms with Gasteiger partial charge in [0.15, 0.2) is 0 Å². The molecule has 0 aromatic carbocycles. The Kier molecular flexibility index (Phi) is 10.0. The molecular weight excluding hydrogens is 576 g/mol. The van der Waals surface area contributed by atoms with Crippen molar-refractivity contribution in [3.63, 3.8) is 0 Å². The van der Waals surface area contributed by atoms with Crippen LogP contribution >= 0.6 is 0 Å².